The molecule has 0 aromatic carbocycles. The summed E-state index contributed by atoms with van der Waals surface area (Å²) in [6.45, 7) is 5.02. The molecule has 0 saturated heterocycles. The van der Waals surface area contributed by atoms with Gasteiger partial charge in [0.2, 0.25) is 0 Å². The maximum atomic E-state index is 2.60. The van der Waals surface area contributed by atoms with Crippen LogP contribution in [0.15, 0.2) is 0 Å². The predicted molar refractivity (Wildman–Crippen MR) is 57.9 cm³/mol. The average molecular weight is 190 g/mol. The second kappa shape index (κ2) is 2.08. The fraction of sp³-hybridized carbons (Fsp3) is 1.00. The van der Waals surface area contributed by atoms with Crippen LogP contribution >= 0.6 is 0 Å². The molecule has 0 N–H and O–H groups in total. The molecular weight excluding hydrogens is 168 g/mol. The van der Waals surface area contributed by atoms with Gasteiger partial charge in [0, 0.05) is 0 Å². The first-order chi connectivity index (χ1) is 6.73. The fourth-order valence-corrected chi connectivity index (χ4v) is 5.93. The van der Waals surface area contributed by atoms with Crippen LogP contribution in [0.3, 0.4) is 0 Å². The lowest BCUT2D eigenvalue weighted by molar-refractivity contribution is 0.119. The number of hydrogen-bond donors (Lipinski definition) is 0. The molecule has 4 saturated carbocycles. The predicted octanol–water partition coefficient (Wildman–Crippen LogP) is 3.86. The van der Waals surface area contributed by atoms with Crippen molar-refractivity contribution in [2.45, 2.75) is 52.4 Å². The molecule has 6 atom stereocenters. The minimum absolute atomic E-state index is 0.836. The second-order valence-corrected chi connectivity index (χ2v) is 6.81. The van der Waals surface area contributed by atoms with Crippen molar-refractivity contribution in [1.29, 1.82) is 0 Å². The summed E-state index contributed by atoms with van der Waals surface area (Å²) >= 11 is 0. The maximum absolute atomic E-state index is 2.60. The van der Waals surface area contributed by atoms with E-state index in [9.17, 15) is 0 Å². The van der Waals surface area contributed by atoms with Crippen LogP contribution in [0.4, 0.5) is 0 Å². The van der Waals surface area contributed by atoms with Gasteiger partial charge in [-0.3, -0.25) is 0 Å². The number of fused-ring (bicyclic) bond motifs is 2. The molecular formula is C14H22. The number of hydrogen-bond acceptors (Lipinski definition) is 0. The van der Waals surface area contributed by atoms with E-state index in [0.717, 1.165) is 28.6 Å². The quantitative estimate of drug-likeness (QED) is 0.620. The van der Waals surface area contributed by atoms with E-state index in [1.165, 1.54) is 12.3 Å². The van der Waals surface area contributed by atoms with Gasteiger partial charge in [0.05, 0.1) is 0 Å². The standard InChI is InChI=1S/C14H22/c1-3-10-11-6-7-14(10,11)12-5-4-9-8-13(9,12)2/h9-12H,3-8H2,1-2H3. The first-order valence-electron chi connectivity index (χ1n) is 6.73. The van der Waals surface area contributed by atoms with E-state index in [1.807, 2.05) is 0 Å². The molecule has 6 unspecified atom stereocenters. The van der Waals surface area contributed by atoms with Crippen molar-refractivity contribution in [2.24, 2.45) is 34.5 Å². The van der Waals surface area contributed by atoms with E-state index in [0.29, 0.717) is 0 Å². The molecule has 0 aliphatic heterocycles. The zero-order valence-corrected chi connectivity index (χ0v) is 9.55. The number of rotatable bonds is 2. The van der Waals surface area contributed by atoms with Crippen molar-refractivity contribution in [3.05, 3.63) is 0 Å². The monoisotopic (exact) mass is 190 g/mol. The molecule has 0 nitrogen and oxygen atoms in total. The molecule has 0 radical (unpaired) electrons. The Kier molecular flexibility index (Phi) is 1.22. The largest absolute Gasteiger partial charge is 0.0651 e. The topological polar surface area (TPSA) is 0 Å². The van der Waals surface area contributed by atoms with Gasteiger partial charge in [0.15, 0.2) is 0 Å². The lowest BCUT2D eigenvalue weighted by atomic mass is 9.68. The first kappa shape index (κ1) is 8.19. The molecule has 14 heavy (non-hydrogen) atoms. The summed E-state index contributed by atoms with van der Waals surface area (Å²) < 4.78 is 0. The molecule has 0 bridgehead atoms. The average Bonchev–Trinajstić information content (AvgIpc) is 2.87. The van der Waals surface area contributed by atoms with E-state index < -0.39 is 0 Å². The Bertz CT molecular complexity index is 292. The molecule has 0 amide bonds. The van der Waals surface area contributed by atoms with Crippen molar-refractivity contribution in [1.82, 2.24) is 0 Å². The van der Waals surface area contributed by atoms with Gasteiger partial charge < -0.3 is 0 Å². The molecule has 0 heteroatoms. The van der Waals surface area contributed by atoms with Gasteiger partial charge in [-0.15, -0.1) is 0 Å². The third kappa shape index (κ3) is 0.630. The second-order valence-electron chi connectivity index (χ2n) is 6.81. The summed E-state index contributed by atoms with van der Waals surface area (Å²) in [5.41, 5.74) is 1.75. The molecule has 4 rings (SSSR count). The molecule has 0 heterocycles. The Balaban J connectivity index is 1.65. The maximum Gasteiger partial charge on any atom is -0.0202 e. The van der Waals surface area contributed by atoms with Crippen LogP contribution < -0.4 is 0 Å². The summed E-state index contributed by atoms with van der Waals surface area (Å²) in [5.74, 6) is 4.65. The normalized spacial score (nSPS) is 68.1. The minimum atomic E-state index is 0.836. The summed E-state index contributed by atoms with van der Waals surface area (Å²) in [4.78, 5) is 0. The Morgan fingerprint density at radius 1 is 1.21 bits per heavy atom. The smallest absolute Gasteiger partial charge is 0.0202 e. The highest BCUT2D eigenvalue weighted by atomic mass is 14.8. The van der Waals surface area contributed by atoms with Crippen molar-refractivity contribution in [3.8, 4) is 0 Å². The molecule has 0 aromatic rings. The summed E-state index contributed by atoms with van der Waals surface area (Å²) in [5, 5.41) is 0. The van der Waals surface area contributed by atoms with Crippen LogP contribution in [0.25, 0.3) is 0 Å². The van der Waals surface area contributed by atoms with Gasteiger partial charge in [-0.05, 0) is 66.6 Å². The van der Waals surface area contributed by atoms with E-state index in [1.54, 1.807) is 32.1 Å². The Hall–Kier alpha value is 0. The van der Waals surface area contributed by atoms with E-state index in [4.69, 9.17) is 0 Å². The van der Waals surface area contributed by atoms with Crippen LogP contribution in [-0.2, 0) is 0 Å². The van der Waals surface area contributed by atoms with Crippen molar-refractivity contribution in [2.75, 3.05) is 0 Å². The molecule has 4 aliphatic carbocycles. The first-order valence-corrected chi connectivity index (χ1v) is 6.73. The van der Waals surface area contributed by atoms with Gasteiger partial charge in [-0.2, -0.15) is 0 Å². The van der Waals surface area contributed by atoms with Crippen LogP contribution in [0.2, 0.25) is 0 Å². The van der Waals surface area contributed by atoms with Crippen LogP contribution in [-0.4, -0.2) is 0 Å². The van der Waals surface area contributed by atoms with Crippen molar-refractivity contribution in [3.63, 3.8) is 0 Å². The molecule has 0 aromatic heterocycles. The third-order valence-electron chi connectivity index (χ3n) is 6.79. The fourth-order valence-electron chi connectivity index (χ4n) is 5.93. The highest BCUT2D eigenvalue weighted by molar-refractivity contribution is 5.26. The minimum Gasteiger partial charge on any atom is -0.0651 e. The zero-order chi connectivity index (χ0) is 9.55. The SMILES string of the molecule is CCC1C2CCC12C1CCC2CC21C. The third-order valence-corrected chi connectivity index (χ3v) is 6.79. The Labute approximate surface area is 87.5 Å². The highest BCUT2D eigenvalue weighted by Crippen LogP contribution is 2.84. The highest BCUT2D eigenvalue weighted by Gasteiger charge is 2.78. The van der Waals surface area contributed by atoms with Gasteiger partial charge in [0.1, 0.15) is 0 Å². The zero-order valence-electron chi connectivity index (χ0n) is 9.55. The van der Waals surface area contributed by atoms with Crippen molar-refractivity contribution >= 4 is 0 Å². The molecule has 0 spiro atoms. The van der Waals surface area contributed by atoms with Gasteiger partial charge >= 0.3 is 0 Å². The van der Waals surface area contributed by atoms with Gasteiger partial charge in [-0.25, -0.2) is 0 Å². The summed E-state index contributed by atoms with van der Waals surface area (Å²) in [6, 6.07) is 0. The van der Waals surface area contributed by atoms with Gasteiger partial charge in [0.25, 0.3) is 0 Å². The van der Waals surface area contributed by atoms with Crippen molar-refractivity contribution < 1.29 is 0 Å². The van der Waals surface area contributed by atoms with Crippen LogP contribution in [0.1, 0.15) is 52.4 Å². The molecule has 4 fully saturated rings. The molecule has 4 aliphatic rings. The summed E-state index contributed by atoms with van der Waals surface area (Å²) in [7, 11) is 0. The Morgan fingerprint density at radius 3 is 2.43 bits per heavy atom. The Morgan fingerprint density at radius 2 is 2.07 bits per heavy atom. The van der Waals surface area contributed by atoms with E-state index >= 15 is 0 Å². The molecule has 78 valence electrons. The van der Waals surface area contributed by atoms with E-state index in [2.05, 4.69) is 13.8 Å². The van der Waals surface area contributed by atoms with Crippen LogP contribution in [0, 0.1) is 34.5 Å². The summed E-state index contributed by atoms with van der Waals surface area (Å²) in [6.07, 6.45) is 9.41. The van der Waals surface area contributed by atoms with Gasteiger partial charge in [-0.1, -0.05) is 20.3 Å². The van der Waals surface area contributed by atoms with E-state index in [-0.39, 0.29) is 0 Å². The van der Waals surface area contributed by atoms with Crippen LogP contribution in [0.5, 0.6) is 0 Å². The lowest BCUT2D eigenvalue weighted by Crippen LogP contribution is -2.30. The lowest BCUT2D eigenvalue weighted by Gasteiger charge is -2.37.